The first-order valence-electron chi connectivity index (χ1n) is 14.5. The number of amides is 2. The quantitative estimate of drug-likeness (QED) is 0.162. The number of aliphatic hydroxyl groups excluding tert-OH is 1. The molecule has 2 amide bonds. The van der Waals surface area contributed by atoms with Gasteiger partial charge in [0.25, 0.3) is 0 Å². The minimum absolute atomic E-state index is 0.419. The second kappa shape index (κ2) is 16.9. The van der Waals surface area contributed by atoms with E-state index in [4.69, 9.17) is 19.3 Å². The molecule has 226 valence electrons. The van der Waals surface area contributed by atoms with E-state index >= 15 is 0 Å². The van der Waals surface area contributed by atoms with Crippen molar-refractivity contribution in [2.45, 2.75) is 77.3 Å². The Morgan fingerprint density at radius 2 is 1.80 bits per heavy atom. The Morgan fingerprint density at radius 3 is 2.61 bits per heavy atom. The zero-order valence-corrected chi connectivity index (χ0v) is 24.2. The number of carbonyl (C=O) groups is 2. The molecule has 41 heavy (non-hydrogen) atoms. The largest absolute Gasteiger partial charge is 0.480 e. The molecule has 0 spiro atoms. The van der Waals surface area contributed by atoms with Crippen LogP contribution in [0.2, 0.25) is 0 Å². The molecule has 2 aromatic carbocycles. The van der Waals surface area contributed by atoms with E-state index in [1.54, 1.807) is 6.07 Å². The van der Waals surface area contributed by atoms with Gasteiger partial charge in [-0.15, -0.1) is 0 Å². The molecule has 2 aromatic rings. The van der Waals surface area contributed by atoms with Crippen molar-refractivity contribution in [3.8, 4) is 5.75 Å². The molecule has 3 rings (SSSR count). The molecule has 0 saturated carbocycles. The van der Waals surface area contributed by atoms with E-state index < -0.39 is 30.4 Å². The van der Waals surface area contributed by atoms with Gasteiger partial charge >= 0.3 is 12.0 Å². The number of rotatable bonds is 18. The number of nitrogens with one attached hydrogen (secondary N) is 3. The Kier molecular flexibility index (Phi) is 13.4. The molecule has 5 N–H and O–H groups in total. The van der Waals surface area contributed by atoms with Crippen molar-refractivity contribution in [2.24, 2.45) is 0 Å². The molecule has 1 heterocycles. The van der Waals surface area contributed by atoms with Crippen LogP contribution in [0.5, 0.6) is 5.75 Å². The third-order valence-electron chi connectivity index (χ3n) is 6.72. The number of hydrogen-bond donors (Lipinski definition) is 5. The first-order valence-corrected chi connectivity index (χ1v) is 14.5. The second-order valence-electron chi connectivity index (χ2n) is 10.8. The second-order valence-corrected chi connectivity index (χ2v) is 10.8. The van der Waals surface area contributed by atoms with E-state index in [-0.39, 0.29) is 0 Å². The topological polar surface area (TPSA) is 138 Å². The van der Waals surface area contributed by atoms with E-state index in [9.17, 15) is 14.7 Å². The highest BCUT2D eigenvalue weighted by Crippen LogP contribution is 2.32. The summed E-state index contributed by atoms with van der Waals surface area (Å²) in [4.78, 5) is 22.2. The Hall–Kier alpha value is -3.18. The molecule has 0 aliphatic carbocycles. The van der Waals surface area contributed by atoms with Crippen LogP contribution < -0.4 is 20.7 Å². The molecule has 10 heteroatoms. The van der Waals surface area contributed by atoms with Gasteiger partial charge in [-0.05, 0) is 74.0 Å². The van der Waals surface area contributed by atoms with Crippen molar-refractivity contribution in [3.05, 3.63) is 59.2 Å². The minimum Gasteiger partial charge on any atom is -0.480 e. The van der Waals surface area contributed by atoms with Crippen LogP contribution in [-0.4, -0.2) is 60.8 Å². The third-order valence-corrected chi connectivity index (χ3v) is 6.72. The summed E-state index contributed by atoms with van der Waals surface area (Å²) in [6.45, 7) is 6.72. The Labute approximate surface area is 242 Å². The van der Waals surface area contributed by atoms with Crippen LogP contribution in [-0.2, 0) is 27.3 Å². The summed E-state index contributed by atoms with van der Waals surface area (Å²) in [5.74, 6) is -0.893. The Bertz CT molecular complexity index is 1110. The molecule has 1 aliphatic rings. The van der Waals surface area contributed by atoms with Crippen molar-refractivity contribution in [3.63, 3.8) is 0 Å². The van der Waals surface area contributed by atoms with E-state index in [1.165, 1.54) is 0 Å². The van der Waals surface area contributed by atoms with Crippen LogP contribution in [0.15, 0.2) is 42.5 Å². The molecule has 10 nitrogen and oxygen atoms in total. The summed E-state index contributed by atoms with van der Waals surface area (Å²) in [6.07, 6.45) is 6.59. The fourth-order valence-corrected chi connectivity index (χ4v) is 4.50. The zero-order chi connectivity index (χ0) is 29.5. The number of aliphatic hydroxyl groups is 1. The number of carboxylic acids is 1. The van der Waals surface area contributed by atoms with Gasteiger partial charge in [0.15, 0.2) is 0 Å². The van der Waals surface area contributed by atoms with Gasteiger partial charge in [-0.25, -0.2) is 4.79 Å². The van der Waals surface area contributed by atoms with Crippen LogP contribution in [0.25, 0.3) is 0 Å². The van der Waals surface area contributed by atoms with Crippen LogP contribution in [0.1, 0.15) is 75.2 Å². The monoisotopic (exact) mass is 571 g/mol. The first-order chi connectivity index (χ1) is 19.7. The number of carbonyl (C=O) groups excluding carboxylic acids is 1. The molecule has 0 unspecified atom stereocenters. The van der Waals surface area contributed by atoms with Gasteiger partial charge in [-0.3, -0.25) is 4.79 Å². The van der Waals surface area contributed by atoms with E-state index in [1.807, 2.05) is 50.2 Å². The fourth-order valence-electron chi connectivity index (χ4n) is 4.50. The van der Waals surface area contributed by atoms with E-state index in [0.29, 0.717) is 18.8 Å². The van der Waals surface area contributed by atoms with Crippen molar-refractivity contribution in [2.75, 3.05) is 38.2 Å². The summed E-state index contributed by atoms with van der Waals surface area (Å²) in [5, 5.41) is 27.4. The predicted molar refractivity (Wildman–Crippen MR) is 157 cm³/mol. The highest BCUT2D eigenvalue weighted by Gasteiger charge is 2.27. The molecule has 0 fully saturated rings. The third kappa shape index (κ3) is 12.5. The number of carboxylic acid groups (broad SMARTS) is 1. The highest BCUT2D eigenvalue weighted by molar-refractivity contribution is 5.91. The van der Waals surface area contributed by atoms with Gasteiger partial charge in [0.05, 0.1) is 12.7 Å². The Balaban J connectivity index is 1.15. The van der Waals surface area contributed by atoms with Crippen LogP contribution >= 0.6 is 0 Å². The number of aryl methyl sites for hydroxylation is 1. The number of anilines is 1. The summed E-state index contributed by atoms with van der Waals surface area (Å²) in [6, 6.07) is 12.8. The first kappa shape index (κ1) is 32.3. The number of hydrogen-bond acceptors (Lipinski definition) is 7. The molecule has 0 saturated heterocycles. The minimum atomic E-state index is -1.09. The zero-order valence-electron chi connectivity index (χ0n) is 24.2. The number of ether oxygens (including phenoxy) is 3. The highest BCUT2D eigenvalue weighted by atomic mass is 16.7. The maximum atomic E-state index is 11.7. The van der Waals surface area contributed by atoms with Gasteiger partial charge in [-0.2, -0.15) is 0 Å². The summed E-state index contributed by atoms with van der Waals surface area (Å²) >= 11 is 0. The number of aliphatic carboxylic acids is 1. The van der Waals surface area contributed by atoms with E-state index in [0.717, 1.165) is 87.1 Å². The van der Waals surface area contributed by atoms with Gasteiger partial charge in [0, 0.05) is 44.9 Å². The lowest BCUT2D eigenvalue weighted by atomic mass is 10.0. The normalized spacial score (nSPS) is 14.5. The lowest BCUT2D eigenvalue weighted by Crippen LogP contribution is -2.35. The van der Waals surface area contributed by atoms with Gasteiger partial charge in [-0.1, -0.05) is 31.0 Å². The number of benzene rings is 2. The lowest BCUT2D eigenvalue weighted by molar-refractivity contribution is -0.180. The van der Waals surface area contributed by atoms with Crippen LogP contribution in [0.3, 0.4) is 0 Å². The van der Waals surface area contributed by atoms with Gasteiger partial charge < -0.3 is 40.4 Å². The summed E-state index contributed by atoms with van der Waals surface area (Å²) < 4.78 is 17.3. The van der Waals surface area contributed by atoms with Crippen molar-refractivity contribution >= 4 is 17.7 Å². The van der Waals surface area contributed by atoms with Crippen molar-refractivity contribution in [1.82, 2.24) is 10.6 Å². The number of fused-ring (bicyclic) bond motifs is 1. The molecule has 1 aliphatic heterocycles. The van der Waals surface area contributed by atoms with Crippen LogP contribution in [0, 0.1) is 0 Å². The maximum absolute atomic E-state index is 11.7. The van der Waals surface area contributed by atoms with Crippen molar-refractivity contribution < 1.29 is 34.0 Å². The summed E-state index contributed by atoms with van der Waals surface area (Å²) in [5.41, 5.74) is 3.58. The average molecular weight is 572 g/mol. The van der Waals surface area contributed by atoms with Crippen LogP contribution in [0.4, 0.5) is 10.5 Å². The van der Waals surface area contributed by atoms with E-state index in [2.05, 4.69) is 16.0 Å². The van der Waals surface area contributed by atoms with Crippen molar-refractivity contribution in [1.29, 1.82) is 0 Å². The van der Waals surface area contributed by atoms with Gasteiger partial charge in [0.1, 0.15) is 12.3 Å². The molecular formula is C31H45N3O7. The molecule has 0 bridgehead atoms. The molecular weight excluding hydrogens is 526 g/mol. The molecule has 1 atom stereocenters. The number of urea groups is 1. The SMILES string of the molecule is CC1(C)OCc2cc([C@H](O)CNCCCCCCOCCCCc3cccc(NC(=O)NCC(=O)O)c3)ccc2O1. The summed E-state index contributed by atoms with van der Waals surface area (Å²) in [7, 11) is 0. The maximum Gasteiger partial charge on any atom is 0.323 e. The smallest absolute Gasteiger partial charge is 0.323 e. The fraction of sp³-hybridized carbons (Fsp3) is 0.548. The van der Waals surface area contributed by atoms with Gasteiger partial charge in [0.2, 0.25) is 5.79 Å². The average Bonchev–Trinajstić information content (AvgIpc) is 2.93. The number of unbranched alkanes of at least 4 members (excludes halogenated alkanes) is 4. The lowest BCUT2D eigenvalue weighted by Gasteiger charge is -2.33. The standard InChI is InChI=1S/C31H45N3O7/c1-31(2)40-22-25-19-24(13-14-28(25)41-31)27(35)20-32-15-6-3-4-7-16-39-17-8-5-10-23-11-9-12-26(18-23)34-30(38)33-21-29(36)37/h9,11-14,18-19,27,32,35H,3-8,10,15-17,20-22H2,1-2H3,(H,36,37)(H2,33,34,38)/t27-/m1/s1. The Morgan fingerprint density at radius 1 is 1.02 bits per heavy atom. The molecule has 0 aromatic heterocycles. The predicted octanol–water partition coefficient (Wildman–Crippen LogP) is 4.76. The molecule has 0 radical (unpaired) electrons.